The number of ether oxygens (including phenoxy) is 1. The van der Waals surface area contributed by atoms with Gasteiger partial charge in [-0.15, -0.1) is 0 Å². The Morgan fingerprint density at radius 1 is 1.06 bits per heavy atom. The molecule has 3 aromatic heterocycles. The van der Waals surface area contributed by atoms with E-state index >= 15 is 4.39 Å². The molecule has 6 rings (SSSR count). The third-order valence-electron chi connectivity index (χ3n) is 9.26. The number of nitrogens with one attached hydrogen (secondary N) is 3. The zero-order valence-corrected chi connectivity index (χ0v) is 31.5. The highest BCUT2D eigenvalue weighted by Crippen LogP contribution is 2.42. The molecule has 0 aliphatic carbocycles. The molecule has 0 radical (unpaired) electrons. The number of aliphatic hydroxyl groups excluding tert-OH is 1. The van der Waals surface area contributed by atoms with Crippen LogP contribution in [0.1, 0.15) is 30.4 Å². The second-order valence-electron chi connectivity index (χ2n) is 13.3. The molecule has 282 valence electrons. The number of carbonyl (C=O) groups is 2. The predicted octanol–water partition coefficient (Wildman–Crippen LogP) is 4.84. The van der Waals surface area contributed by atoms with E-state index in [1.54, 1.807) is 44.6 Å². The molecule has 12 nitrogen and oxygen atoms in total. The minimum Gasteiger partial charge on any atom is -0.481 e. The number of methoxy groups -OCH3 is 1. The highest BCUT2D eigenvalue weighted by Gasteiger charge is 2.22. The zero-order chi connectivity index (χ0) is 38.5. The van der Waals surface area contributed by atoms with E-state index in [9.17, 15) is 19.5 Å². The highest BCUT2D eigenvalue weighted by atomic mass is 35.5. The van der Waals surface area contributed by atoms with Crippen molar-refractivity contribution in [2.24, 2.45) is 0 Å². The first-order valence-corrected chi connectivity index (χ1v) is 18.1. The number of benzene rings is 2. The fourth-order valence-corrected chi connectivity index (χ4v) is 6.98. The average molecular weight is 777 g/mol. The minimum atomic E-state index is -0.890. The molecular formula is C39H40Cl2FN7O5. The summed E-state index contributed by atoms with van der Waals surface area (Å²) in [4.78, 5) is 47.1. The van der Waals surface area contributed by atoms with E-state index in [1.165, 1.54) is 28.7 Å². The van der Waals surface area contributed by atoms with Crippen molar-refractivity contribution >= 4 is 40.7 Å². The van der Waals surface area contributed by atoms with Crippen LogP contribution in [0.5, 0.6) is 5.88 Å². The van der Waals surface area contributed by atoms with E-state index in [2.05, 4.69) is 25.9 Å². The molecule has 54 heavy (non-hydrogen) atoms. The van der Waals surface area contributed by atoms with Crippen molar-refractivity contribution in [1.29, 1.82) is 0 Å². The van der Waals surface area contributed by atoms with Crippen molar-refractivity contribution < 1.29 is 23.8 Å². The number of rotatable bonds is 14. The smallest absolute Gasteiger partial charge is 0.262 e. The molecule has 15 heteroatoms. The summed E-state index contributed by atoms with van der Waals surface area (Å²) in [7, 11) is 4.67. The number of pyridine rings is 2. The van der Waals surface area contributed by atoms with Gasteiger partial charge >= 0.3 is 0 Å². The van der Waals surface area contributed by atoms with Crippen LogP contribution in [0.15, 0.2) is 71.8 Å². The van der Waals surface area contributed by atoms with Gasteiger partial charge < -0.3 is 30.7 Å². The Morgan fingerprint density at radius 3 is 2.44 bits per heavy atom. The minimum absolute atomic E-state index is 0.00408. The Kier molecular flexibility index (Phi) is 12.2. The fourth-order valence-electron chi connectivity index (χ4n) is 6.32. The van der Waals surface area contributed by atoms with E-state index in [-0.39, 0.29) is 66.6 Å². The SMILES string of the molecule is COc1nc(-c2cccc(-c3cccc(-c4ccn5c(=O)c(CNCC(O)CC(=O)N(C)C)cnc5c4)c3Cl)c2Cl)cc(F)c1CNCC1CCC(=O)N1. The van der Waals surface area contributed by atoms with E-state index in [1.807, 2.05) is 24.3 Å². The lowest BCUT2D eigenvalue weighted by Crippen LogP contribution is -2.35. The number of fused-ring (bicyclic) bond motifs is 1. The molecule has 0 bridgehead atoms. The maximum absolute atomic E-state index is 15.6. The monoisotopic (exact) mass is 775 g/mol. The summed E-state index contributed by atoms with van der Waals surface area (Å²) in [5.41, 5.74) is 4.20. The first-order valence-electron chi connectivity index (χ1n) is 17.4. The van der Waals surface area contributed by atoms with Crippen LogP contribution in [0.25, 0.3) is 39.2 Å². The number of halogens is 3. The largest absolute Gasteiger partial charge is 0.481 e. The van der Waals surface area contributed by atoms with Gasteiger partial charge in [-0.2, -0.15) is 0 Å². The van der Waals surface area contributed by atoms with Crippen LogP contribution in [0.2, 0.25) is 10.0 Å². The van der Waals surface area contributed by atoms with Crippen LogP contribution < -0.4 is 26.2 Å². The van der Waals surface area contributed by atoms with Gasteiger partial charge in [-0.25, -0.2) is 14.4 Å². The van der Waals surface area contributed by atoms with Gasteiger partial charge in [0.25, 0.3) is 5.56 Å². The van der Waals surface area contributed by atoms with Gasteiger partial charge in [0.05, 0.1) is 40.9 Å². The van der Waals surface area contributed by atoms with Gasteiger partial charge in [-0.05, 0) is 24.1 Å². The Morgan fingerprint density at radius 2 is 1.76 bits per heavy atom. The number of aliphatic hydroxyl groups is 1. The van der Waals surface area contributed by atoms with Gasteiger partial charge in [-0.3, -0.25) is 18.8 Å². The number of carbonyl (C=O) groups excluding carboxylic acids is 2. The van der Waals surface area contributed by atoms with Crippen LogP contribution in [0, 0.1) is 5.82 Å². The summed E-state index contributed by atoms with van der Waals surface area (Å²) in [5, 5.41) is 20.0. The number of amides is 2. The topological polar surface area (TPSA) is 150 Å². The van der Waals surface area contributed by atoms with Crippen molar-refractivity contribution in [2.75, 3.05) is 34.3 Å². The first-order chi connectivity index (χ1) is 25.9. The summed E-state index contributed by atoms with van der Waals surface area (Å²) >= 11 is 14.1. The molecule has 2 unspecified atom stereocenters. The second kappa shape index (κ2) is 17.0. The van der Waals surface area contributed by atoms with Crippen LogP contribution in [0.4, 0.5) is 4.39 Å². The van der Waals surface area contributed by atoms with Gasteiger partial charge in [0, 0.05) is 99.0 Å². The second-order valence-corrected chi connectivity index (χ2v) is 14.0. The Hall–Kier alpha value is -4.92. The Balaban J connectivity index is 1.22. The summed E-state index contributed by atoms with van der Waals surface area (Å²) in [5.74, 6) is -0.571. The summed E-state index contributed by atoms with van der Waals surface area (Å²) in [6.45, 7) is 0.954. The first kappa shape index (κ1) is 38.8. The van der Waals surface area contributed by atoms with Crippen molar-refractivity contribution in [2.45, 2.75) is 44.5 Å². The van der Waals surface area contributed by atoms with Gasteiger partial charge in [-0.1, -0.05) is 59.6 Å². The lowest BCUT2D eigenvalue weighted by atomic mass is 9.97. The normalized spacial score (nSPS) is 14.6. The third-order valence-corrected chi connectivity index (χ3v) is 10.1. The molecule has 1 saturated heterocycles. The van der Waals surface area contributed by atoms with Crippen LogP contribution >= 0.6 is 23.2 Å². The average Bonchev–Trinajstić information content (AvgIpc) is 3.57. The summed E-state index contributed by atoms with van der Waals surface area (Å²) < 4.78 is 22.5. The molecule has 4 heterocycles. The quantitative estimate of drug-likeness (QED) is 0.124. The van der Waals surface area contributed by atoms with Crippen molar-refractivity contribution in [3.8, 4) is 39.4 Å². The zero-order valence-electron chi connectivity index (χ0n) is 30.0. The molecular weight excluding hydrogens is 736 g/mol. The number of nitrogens with zero attached hydrogens (tertiary/aromatic N) is 4. The van der Waals surface area contributed by atoms with Gasteiger partial charge in [0.1, 0.15) is 11.5 Å². The van der Waals surface area contributed by atoms with Crippen molar-refractivity contribution in [3.05, 3.63) is 104 Å². The third kappa shape index (κ3) is 8.56. The molecule has 2 aromatic carbocycles. The molecule has 1 aliphatic heterocycles. The van der Waals surface area contributed by atoms with Crippen LogP contribution in [0.3, 0.4) is 0 Å². The van der Waals surface area contributed by atoms with Crippen LogP contribution in [-0.4, -0.2) is 82.6 Å². The van der Waals surface area contributed by atoms with Crippen molar-refractivity contribution in [3.63, 3.8) is 0 Å². The molecule has 2 atom stereocenters. The maximum atomic E-state index is 15.6. The number of hydrogen-bond acceptors (Lipinski definition) is 9. The molecule has 1 aliphatic rings. The van der Waals surface area contributed by atoms with E-state index in [4.69, 9.17) is 27.9 Å². The Bertz CT molecular complexity index is 2270. The van der Waals surface area contributed by atoms with E-state index < -0.39 is 11.9 Å². The predicted molar refractivity (Wildman–Crippen MR) is 206 cm³/mol. The standard InChI is InChI=1S/C39H40Cl2FN7O5/c1-48(2)35(52)15-25(50)20-43-17-23-18-45-33-14-22(12-13-49(33)39(23)53)26-6-4-7-27(36(26)40)28-8-5-9-29(37(28)41)32-16-31(42)30(38(47-32)54-3)21-44-19-24-10-11-34(51)46-24/h4-9,12-14,16,18,24-25,43-44,50H,10-11,15,17,19-21H2,1-3H3,(H,46,51). The maximum Gasteiger partial charge on any atom is 0.262 e. The molecule has 5 aromatic rings. The van der Waals surface area contributed by atoms with Gasteiger partial charge in [0.15, 0.2) is 0 Å². The van der Waals surface area contributed by atoms with E-state index in [0.29, 0.717) is 62.0 Å². The van der Waals surface area contributed by atoms with E-state index in [0.717, 1.165) is 6.42 Å². The lowest BCUT2D eigenvalue weighted by Gasteiger charge is -2.16. The van der Waals surface area contributed by atoms with Gasteiger partial charge in [0.2, 0.25) is 17.7 Å². The van der Waals surface area contributed by atoms with Crippen molar-refractivity contribution in [1.82, 2.24) is 35.2 Å². The summed E-state index contributed by atoms with van der Waals surface area (Å²) in [6, 6.07) is 15.7. The number of aromatic nitrogens is 3. The van der Waals surface area contributed by atoms with Crippen LogP contribution in [-0.2, 0) is 22.7 Å². The highest BCUT2D eigenvalue weighted by molar-refractivity contribution is 6.39. The molecule has 0 spiro atoms. The molecule has 2 amide bonds. The lowest BCUT2D eigenvalue weighted by molar-refractivity contribution is -0.130. The molecule has 1 fully saturated rings. The Labute approximate surface area is 321 Å². The summed E-state index contributed by atoms with van der Waals surface area (Å²) in [6.07, 6.45) is 3.41. The molecule has 0 saturated carbocycles. The number of hydrogen-bond donors (Lipinski definition) is 4. The fraction of sp³-hybridized carbons (Fsp3) is 0.308. The molecule has 4 N–H and O–H groups in total.